The molecule has 0 spiro atoms. The van der Waals surface area contributed by atoms with Crippen LogP contribution in [0, 0.1) is 5.92 Å². The van der Waals surface area contributed by atoms with E-state index in [4.69, 9.17) is 14.6 Å². The lowest BCUT2D eigenvalue weighted by molar-refractivity contribution is -0.268. The fourth-order valence-corrected chi connectivity index (χ4v) is 6.30. The average molecular weight is 631 g/mol. The van der Waals surface area contributed by atoms with Gasteiger partial charge in [-0.2, -0.15) is 0 Å². The number of thioether (sulfide) groups is 1. The number of aromatic nitrogens is 3. The van der Waals surface area contributed by atoms with Crippen molar-refractivity contribution >= 4 is 23.6 Å². The van der Waals surface area contributed by atoms with Crippen molar-refractivity contribution in [2.45, 2.75) is 63.0 Å². The molecule has 1 aromatic heterocycles. The van der Waals surface area contributed by atoms with E-state index in [1.54, 1.807) is 18.1 Å². The molecule has 1 aliphatic rings. The summed E-state index contributed by atoms with van der Waals surface area (Å²) < 4.78 is 15.1. The van der Waals surface area contributed by atoms with Gasteiger partial charge in [-0.25, -0.2) is 0 Å². The van der Waals surface area contributed by atoms with Gasteiger partial charge in [0.05, 0.1) is 18.8 Å². The maximum Gasteiger partial charge on any atom is 0.303 e. The molecule has 0 radical (unpaired) electrons. The molecule has 10 nitrogen and oxygen atoms in total. The predicted molar refractivity (Wildman–Crippen MR) is 170 cm³/mol. The van der Waals surface area contributed by atoms with Crippen molar-refractivity contribution in [2.75, 3.05) is 5.75 Å². The lowest BCUT2D eigenvalue weighted by Crippen LogP contribution is -2.38. The van der Waals surface area contributed by atoms with Gasteiger partial charge in [-0.05, 0) is 40.3 Å². The molecular weight excluding hydrogens is 592 g/mol. The van der Waals surface area contributed by atoms with Crippen LogP contribution in [-0.4, -0.2) is 48.7 Å². The Morgan fingerprint density at radius 3 is 2.40 bits per heavy atom. The number of aliphatic carboxylic acids is 1. The number of aliphatic hydroxyl groups is 1. The number of carbonyl (C=O) groups is 2. The number of rotatable bonds is 13. The highest BCUT2D eigenvalue weighted by Crippen LogP contribution is 2.43. The number of aliphatic hydroxyl groups excluding tert-OH is 1. The minimum absolute atomic E-state index is 0.0114. The van der Waals surface area contributed by atoms with Crippen LogP contribution in [0.2, 0.25) is 0 Å². The second-order valence-electron chi connectivity index (χ2n) is 11.2. The summed E-state index contributed by atoms with van der Waals surface area (Å²) in [5.74, 6) is -0.326. The molecule has 0 unspecified atom stereocenters. The molecule has 3 aromatic carbocycles. The third-order valence-corrected chi connectivity index (χ3v) is 9.02. The molecule has 3 N–H and O–H groups in total. The van der Waals surface area contributed by atoms with Gasteiger partial charge in [0.2, 0.25) is 5.91 Å². The minimum atomic E-state index is -0.900. The molecule has 1 aliphatic heterocycles. The van der Waals surface area contributed by atoms with Crippen LogP contribution < -0.4 is 5.32 Å². The van der Waals surface area contributed by atoms with Crippen molar-refractivity contribution < 1.29 is 29.3 Å². The number of carboxylic acid groups (broad SMARTS) is 1. The minimum Gasteiger partial charge on any atom is -0.481 e. The van der Waals surface area contributed by atoms with Crippen LogP contribution in [0.5, 0.6) is 0 Å². The van der Waals surface area contributed by atoms with Crippen molar-refractivity contribution in [1.29, 1.82) is 0 Å². The summed E-state index contributed by atoms with van der Waals surface area (Å²) >= 11 is 1.60. The van der Waals surface area contributed by atoms with E-state index in [-0.39, 0.29) is 43.5 Å². The fourth-order valence-electron chi connectivity index (χ4n) is 5.25. The number of hydrogen-bond donors (Lipinski definition) is 3. The van der Waals surface area contributed by atoms with Gasteiger partial charge < -0.3 is 29.6 Å². The van der Waals surface area contributed by atoms with Gasteiger partial charge in [0.25, 0.3) is 0 Å². The quantitative estimate of drug-likeness (QED) is 0.165. The number of nitrogens with one attached hydrogen (secondary N) is 1. The van der Waals surface area contributed by atoms with Gasteiger partial charge in [0, 0.05) is 43.7 Å². The van der Waals surface area contributed by atoms with E-state index in [1.165, 1.54) is 0 Å². The Kier molecular flexibility index (Phi) is 11.0. The average Bonchev–Trinajstić information content (AvgIpc) is 3.47. The molecule has 2 heterocycles. The number of hydrogen-bond acceptors (Lipinski definition) is 8. The summed E-state index contributed by atoms with van der Waals surface area (Å²) in [5.41, 5.74) is 5.77. The van der Waals surface area contributed by atoms with Crippen LogP contribution in [-0.2, 0) is 39.3 Å². The summed E-state index contributed by atoms with van der Waals surface area (Å²) in [5, 5.41) is 30.2. The maximum absolute atomic E-state index is 12.1. The van der Waals surface area contributed by atoms with Crippen LogP contribution in [0.4, 0.5) is 0 Å². The topological polar surface area (TPSA) is 136 Å². The summed E-state index contributed by atoms with van der Waals surface area (Å²) in [6.07, 6.45) is 1.26. The molecule has 1 fully saturated rings. The highest BCUT2D eigenvalue weighted by molar-refractivity contribution is 7.99. The third-order valence-electron chi connectivity index (χ3n) is 7.90. The number of nitrogens with zero attached hydrogens (tertiary/aromatic N) is 3. The number of ether oxygens (including phenoxy) is 2. The van der Waals surface area contributed by atoms with Gasteiger partial charge in [0.1, 0.15) is 6.33 Å². The lowest BCUT2D eigenvalue weighted by Gasteiger charge is -2.41. The van der Waals surface area contributed by atoms with Crippen molar-refractivity contribution in [2.24, 2.45) is 13.0 Å². The highest BCUT2D eigenvalue weighted by Gasteiger charge is 2.38. The molecular formula is C34H38N4O6S. The van der Waals surface area contributed by atoms with E-state index in [2.05, 4.69) is 22.4 Å². The third kappa shape index (κ3) is 8.58. The Hall–Kier alpha value is -4.03. The Morgan fingerprint density at radius 2 is 1.71 bits per heavy atom. The van der Waals surface area contributed by atoms with Crippen molar-refractivity contribution in [1.82, 2.24) is 20.1 Å². The van der Waals surface area contributed by atoms with Crippen LogP contribution in [0.3, 0.4) is 0 Å². The van der Waals surface area contributed by atoms with Crippen LogP contribution in [0.1, 0.15) is 60.8 Å². The second-order valence-corrected chi connectivity index (χ2v) is 12.2. The molecule has 236 valence electrons. The monoisotopic (exact) mass is 630 g/mol. The smallest absolute Gasteiger partial charge is 0.303 e. The van der Waals surface area contributed by atoms with Crippen molar-refractivity contribution in [3.8, 4) is 11.1 Å². The predicted octanol–water partition coefficient (Wildman–Crippen LogP) is 5.43. The summed E-state index contributed by atoms with van der Waals surface area (Å²) in [4.78, 5) is 22.8. The largest absolute Gasteiger partial charge is 0.481 e. The first-order valence-electron chi connectivity index (χ1n) is 15.0. The highest BCUT2D eigenvalue weighted by atomic mass is 32.2. The summed E-state index contributed by atoms with van der Waals surface area (Å²) in [6.45, 7) is 2.49. The Morgan fingerprint density at radius 1 is 0.956 bits per heavy atom. The molecule has 0 aliphatic carbocycles. The Bertz CT molecular complexity index is 1580. The molecule has 4 atom stereocenters. The number of carboxylic acids is 1. The van der Waals surface area contributed by atoms with Crippen molar-refractivity contribution in [3.05, 3.63) is 101 Å². The van der Waals surface area contributed by atoms with Gasteiger partial charge in [-0.3, -0.25) is 9.59 Å². The molecule has 5 rings (SSSR count). The number of carbonyl (C=O) groups excluding carboxylic acids is 1. The Balaban J connectivity index is 1.29. The summed E-state index contributed by atoms with van der Waals surface area (Å²) in [6, 6.07) is 23.9. The van der Waals surface area contributed by atoms with Crippen LogP contribution >= 0.6 is 11.8 Å². The first-order valence-corrected chi connectivity index (χ1v) is 15.9. The molecule has 0 bridgehead atoms. The zero-order chi connectivity index (χ0) is 31.8. The molecule has 45 heavy (non-hydrogen) atoms. The van der Waals surface area contributed by atoms with Gasteiger partial charge >= 0.3 is 5.97 Å². The lowest BCUT2D eigenvalue weighted by atomic mass is 9.91. The molecule has 0 saturated carbocycles. The van der Waals surface area contributed by atoms with E-state index in [1.807, 2.05) is 84.4 Å². The van der Waals surface area contributed by atoms with Crippen LogP contribution in [0.15, 0.2) is 84.3 Å². The van der Waals surface area contributed by atoms with Gasteiger partial charge in [-0.1, -0.05) is 85.4 Å². The number of amides is 1. The first kappa shape index (κ1) is 32.4. The molecule has 4 aromatic rings. The number of aryl methyl sites for hydroxylation is 1. The van der Waals surface area contributed by atoms with E-state index in [0.29, 0.717) is 18.7 Å². The first-order chi connectivity index (χ1) is 21.8. The van der Waals surface area contributed by atoms with Gasteiger partial charge in [-0.15, -0.1) is 10.2 Å². The zero-order valence-electron chi connectivity index (χ0n) is 25.3. The standard InChI is InChI=1S/C34H38N4O6S/c1-22-29(20-45-34-37-36-21-38(34)2)43-33(44-32(22)26-11-9-23(19-39)10-12-26)27-15-13-25(14-16-27)28-6-3-5-24(17-28)18-35-30(40)7-4-8-31(41)42/h3,5-6,9-17,21-22,29,32-33,39H,4,7-8,18-20H2,1-2H3,(H,35,40)(H,41,42)/t22-,29+,32+,33+/m0/s1. The molecule has 11 heteroatoms. The van der Waals surface area contributed by atoms with E-state index in [0.717, 1.165) is 38.5 Å². The van der Waals surface area contributed by atoms with E-state index in [9.17, 15) is 14.7 Å². The number of benzene rings is 3. The SMILES string of the molecule is C[C@H]1[C@@H](CSc2nncn2C)O[C@@H](c2ccc(-c3cccc(CNC(=O)CCCC(=O)O)c3)cc2)O[C@H]1c1ccc(CO)cc1. The molecule has 1 saturated heterocycles. The van der Waals surface area contributed by atoms with Crippen molar-refractivity contribution in [3.63, 3.8) is 0 Å². The normalized spacial score (nSPS) is 19.7. The zero-order valence-corrected chi connectivity index (χ0v) is 26.2. The second kappa shape index (κ2) is 15.3. The van der Waals surface area contributed by atoms with E-state index < -0.39 is 12.3 Å². The maximum atomic E-state index is 12.1. The van der Waals surface area contributed by atoms with Crippen LogP contribution in [0.25, 0.3) is 11.1 Å². The fraction of sp³-hybridized carbons (Fsp3) is 0.353. The Labute approximate surface area is 266 Å². The summed E-state index contributed by atoms with van der Waals surface area (Å²) in [7, 11) is 1.92. The molecule has 1 amide bonds. The van der Waals surface area contributed by atoms with Gasteiger partial charge in [0.15, 0.2) is 11.4 Å². The van der Waals surface area contributed by atoms with E-state index >= 15 is 0 Å².